The minimum atomic E-state index is -0.0385. The van der Waals surface area contributed by atoms with Crippen molar-refractivity contribution in [1.82, 2.24) is 19.4 Å². The number of nitrogens with zero attached hydrogens (tertiary/aromatic N) is 4. The van der Waals surface area contributed by atoms with Crippen molar-refractivity contribution in [3.8, 4) is 0 Å². The molecule has 1 N–H and O–H groups in total. The normalized spacial score (nSPS) is 14.6. The third kappa shape index (κ3) is 3.17. The molecule has 0 spiro atoms. The Morgan fingerprint density at radius 2 is 2.08 bits per heavy atom. The molecule has 3 heterocycles. The van der Waals surface area contributed by atoms with Crippen LogP contribution in [0.5, 0.6) is 0 Å². The summed E-state index contributed by atoms with van der Waals surface area (Å²) in [5, 5.41) is 3.28. The van der Waals surface area contributed by atoms with E-state index in [1.807, 2.05) is 35.9 Å². The standard InChI is InChI=1S/C18H18BrN5O2/c1-23-11-21-15-16(23)14(18(25)24-5-7-26-8-6-24)10-20-17(15)22-13-4-2-3-12(19)9-13/h2-4,9-11H,5-8H2,1H3,(H,20,22). The van der Waals surface area contributed by atoms with Crippen LogP contribution in [0.15, 0.2) is 41.3 Å². The predicted molar refractivity (Wildman–Crippen MR) is 103 cm³/mol. The van der Waals surface area contributed by atoms with Gasteiger partial charge in [0.2, 0.25) is 0 Å². The highest BCUT2D eigenvalue weighted by molar-refractivity contribution is 9.10. The number of aromatic nitrogens is 3. The van der Waals surface area contributed by atoms with E-state index in [-0.39, 0.29) is 5.91 Å². The van der Waals surface area contributed by atoms with Crippen molar-refractivity contribution in [2.75, 3.05) is 31.6 Å². The first-order valence-corrected chi connectivity index (χ1v) is 9.12. The van der Waals surface area contributed by atoms with Crippen LogP contribution in [0, 0.1) is 0 Å². The molecule has 0 bridgehead atoms. The van der Waals surface area contributed by atoms with Crippen molar-refractivity contribution >= 4 is 44.4 Å². The molecule has 1 aliphatic rings. The van der Waals surface area contributed by atoms with Crippen molar-refractivity contribution < 1.29 is 9.53 Å². The summed E-state index contributed by atoms with van der Waals surface area (Å²) in [6.45, 7) is 2.32. The molecule has 134 valence electrons. The molecule has 0 aliphatic carbocycles. The number of ether oxygens (including phenoxy) is 1. The fourth-order valence-electron chi connectivity index (χ4n) is 3.06. The van der Waals surface area contributed by atoms with Gasteiger partial charge in [-0.05, 0) is 18.2 Å². The number of rotatable bonds is 3. The summed E-state index contributed by atoms with van der Waals surface area (Å²) in [6.07, 6.45) is 3.33. The second kappa shape index (κ2) is 7.05. The second-order valence-corrected chi connectivity index (χ2v) is 7.03. The molecule has 1 aromatic carbocycles. The predicted octanol–water partition coefficient (Wildman–Crippen LogP) is 2.95. The van der Waals surface area contributed by atoms with Crippen LogP contribution in [-0.2, 0) is 11.8 Å². The van der Waals surface area contributed by atoms with Gasteiger partial charge >= 0.3 is 0 Å². The highest BCUT2D eigenvalue weighted by Gasteiger charge is 2.23. The quantitative estimate of drug-likeness (QED) is 0.711. The van der Waals surface area contributed by atoms with E-state index in [1.165, 1.54) is 0 Å². The lowest BCUT2D eigenvalue weighted by atomic mass is 10.2. The van der Waals surface area contributed by atoms with Crippen molar-refractivity contribution in [3.05, 3.63) is 46.8 Å². The van der Waals surface area contributed by atoms with Crippen LogP contribution in [0.2, 0.25) is 0 Å². The molecule has 26 heavy (non-hydrogen) atoms. The fourth-order valence-corrected chi connectivity index (χ4v) is 3.46. The Morgan fingerprint density at radius 1 is 1.27 bits per heavy atom. The zero-order chi connectivity index (χ0) is 18.1. The van der Waals surface area contributed by atoms with Crippen LogP contribution in [0.3, 0.4) is 0 Å². The lowest BCUT2D eigenvalue weighted by Gasteiger charge is -2.27. The van der Waals surface area contributed by atoms with Gasteiger partial charge in [-0.2, -0.15) is 0 Å². The van der Waals surface area contributed by atoms with Crippen LogP contribution >= 0.6 is 15.9 Å². The molecule has 0 saturated carbocycles. The molecule has 1 fully saturated rings. The maximum Gasteiger partial charge on any atom is 0.257 e. The molecule has 4 rings (SSSR count). The van der Waals surface area contributed by atoms with E-state index in [2.05, 4.69) is 31.2 Å². The number of hydrogen-bond acceptors (Lipinski definition) is 5. The summed E-state index contributed by atoms with van der Waals surface area (Å²) >= 11 is 3.46. The van der Waals surface area contributed by atoms with Gasteiger partial charge in [0.05, 0.1) is 30.6 Å². The molecule has 8 heteroatoms. The van der Waals surface area contributed by atoms with Crippen molar-refractivity contribution in [3.63, 3.8) is 0 Å². The SMILES string of the molecule is Cn1cnc2c(Nc3cccc(Br)c3)ncc(C(=O)N3CCOCC3)c21. The Balaban J connectivity index is 1.73. The van der Waals surface area contributed by atoms with Crippen molar-refractivity contribution in [2.24, 2.45) is 7.05 Å². The Morgan fingerprint density at radius 3 is 2.85 bits per heavy atom. The van der Waals surface area contributed by atoms with Crippen LogP contribution in [0.4, 0.5) is 11.5 Å². The number of fused-ring (bicyclic) bond motifs is 1. The maximum absolute atomic E-state index is 12.9. The number of hydrogen-bond donors (Lipinski definition) is 1. The van der Waals surface area contributed by atoms with E-state index in [0.717, 1.165) is 15.7 Å². The molecule has 1 amide bonds. The van der Waals surface area contributed by atoms with E-state index in [9.17, 15) is 4.79 Å². The molecular formula is C18H18BrN5O2. The highest BCUT2D eigenvalue weighted by atomic mass is 79.9. The van der Waals surface area contributed by atoms with E-state index >= 15 is 0 Å². The van der Waals surface area contributed by atoms with Gasteiger partial charge in [0.15, 0.2) is 5.82 Å². The molecule has 0 radical (unpaired) electrons. The topological polar surface area (TPSA) is 72.3 Å². The lowest BCUT2D eigenvalue weighted by molar-refractivity contribution is 0.0303. The minimum absolute atomic E-state index is 0.0385. The third-order valence-electron chi connectivity index (χ3n) is 4.36. The van der Waals surface area contributed by atoms with E-state index < -0.39 is 0 Å². The van der Waals surface area contributed by atoms with Gasteiger partial charge in [0.25, 0.3) is 5.91 Å². The molecule has 1 aliphatic heterocycles. The van der Waals surface area contributed by atoms with Gasteiger partial charge in [-0.25, -0.2) is 9.97 Å². The van der Waals surface area contributed by atoms with Crippen LogP contribution in [-0.4, -0.2) is 51.6 Å². The highest BCUT2D eigenvalue weighted by Crippen LogP contribution is 2.27. The number of pyridine rings is 1. The zero-order valence-corrected chi connectivity index (χ0v) is 15.9. The van der Waals surface area contributed by atoms with Gasteiger partial charge in [-0.15, -0.1) is 0 Å². The van der Waals surface area contributed by atoms with Crippen LogP contribution < -0.4 is 5.32 Å². The molecule has 1 saturated heterocycles. The first-order valence-electron chi connectivity index (χ1n) is 8.33. The van der Waals surface area contributed by atoms with Gasteiger partial charge in [0, 0.05) is 36.5 Å². The second-order valence-electron chi connectivity index (χ2n) is 6.11. The number of imidazole rings is 1. The van der Waals surface area contributed by atoms with Gasteiger partial charge < -0.3 is 19.5 Å². The number of carbonyl (C=O) groups excluding carboxylic acids is 1. The largest absolute Gasteiger partial charge is 0.378 e. The third-order valence-corrected chi connectivity index (χ3v) is 4.85. The number of halogens is 1. The maximum atomic E-state index is 12.9. The number of anilines is 2. The first kappa shape index (κ1) is 17.0. The summed E-state index contributed by atoms with van der Waals surface area (Å²) in [5.74, 6) is 0.584. The number of aryl methyl sites for hydroxylation is 1. The molecule has 0 atom stereocenters. The van der Waals surface area contributed by atoms with E-state index in [0.29, 0.717) is 43.2 Å². The average molecular weight is 416 g/mol. The number of amides is 1. The fraction of sp³-hybridized carbons (Fsp3) is 0.278. The number of morpholine rings is 1. The molecular weight excluding hydrogens is 398 g/mol. The molecule has 2 aromatic heterocycles. The summed E-state index contributed by atoms with van der Waals surface area (Å²) in [4.78, 5) is 23.7. The number of carbonyl (C=O) groups is 1. The van der Waals surface area contributed by atoms with Gasteiger partial charge in [-0.1, -0.05) is 22.0 Å². The zero-order valence-electron chi connectivity index (χ0n) is 14.3. The smallest absolute Gasteiger partial charge is 0.257 e. The minimum Gasteiger partial charge on any atom is -0.378 e. The van der Waals surface area contributed by atoms with Crippen molar-refractivity contribution in [2.45, 2.75) is 0 Å². The number of benzene rings is 1. The average Bonchev–Trinajstić information content (AvgIpc) is 3.05. The number of nitrogens with one attached hydrogen (secondary N) is 1. The summed E-state index contributed by atoms with van der Waals surface area (Å²) in [6, 6.07) is 7.81. The molecule has 7 nitrogen and oxygen atoms in total. The van der Waals surface area contributed by atoms with Gasteiger partial charge in [-0.3, -0.25) is 4.79 Å². The Bertz CT molecular complexity index is 965. The Hall–Kier alpha value is -2.45. The Kier molecular flexibility index (Phi) is 4.60. The van der Waals surface area contributed by atoms with Gasteiger partial charge in [0.1, 0.15) is 5.52 Å². The molecule has 3 aromatic rings. The summed E-state index contributed by atoms with van der Waals surface area (Å²) < 4.78 is 8.17. The monoisotopic (exact) mass is 415 g/mol. The lowest BCUT2D eigenvalue weighted by Crippen LogP contribution is -2.40. The van der Waals surface area contributed by atoms with Crippen LogP contribution in [0.25, 0.3) is 11.0 Å². The summed E-state index contributed by atoms with van der Waals surface area (Å²) in [5.41, 5.74) is 2.90. The van der Waals surface area contributed by atoms with Crippen molar-refractivity contribution in [1.29, 1.82) is 0 Å². The van der Waals surface area contributed by atoms with E-state index in [4.69, 9.17) is 4.74 Å². The van der Waals surface area contributed by atoms with Crippen LogP contribution in [0.1, 0.15) is 10.4 Å². The summed E-state index contributed by atoms with van der Waals surface area (Å²) in [7, 11) is 1.88. The molecule has 0 unspecified atom stereocenters. The Labute approximate surface area is 159 Å². The first-order chi connectivity index (χ1) is 12.6. The van der Waals surface area contributed by atoms with E-state index in [1.54, 1.807) is 17.4 Å².